The summed E-state index contributed by atoms with van der Waals surface area (Å²) in [6, 6.07) is 9.44. The van der Waals surface area contributed by atoms with Crippen LogP contribution in [0.1, 0.15) is 18.9 Å². The minimum atomic E-state index is -0.893. The van der Waals surface area contributed by atoms with Crippen molar-refractivity contribution in [1.29, 1.82) is 0 Å². The van der Waals surface area contributed by atoms with Crippen LogP contribution < -0.4 is 0 Å². The van der Waals surface area contributed by atoms with Crippen molar-refractivity contribution in [1.82, 2.24) is 0 Å². The fourth-order valence-corrected chi connectivity index (χ4v) is 1.10. The van der Waals surface area contributed by atoms with Crippen LogP contribution >= 0.6 is 0 Å². The lowest BCUT2D eigenvalue weighted by Gasteiger charge is -2.20. The standard InChI is InChI=1S/C11H12O/c1-3-9-11(2,12)10-7-5-4-6-8-10/h1,4-8,12H,9H2,2H3/t11-/m0/s1. The largest absolute Gasteiger partial charge is 0.384 e. The molecule has 0 aromatic heterocycles. The Bertz CT molecular complexity index is 280. The number of hydrogen-bond acceptors (Lipinski definition) is 1. The quantitative estimate of drug-likeness (QED) is 0.655. The lowest BCUT2D eigenvalue weighted by molar-refractivity contribution is 0.0629. The van der Waals surface area contributed by atoms with Crippen molar-refractivity contribution in [3.8, 4) is 12.3 Å². The number of benzene rings is 1. The molecule has 1 aromatic rings. The second kappa shape index (κ2) is 3.42. The molecule has 0 bridgehead atoms. The van der Waals surface area contributed by atoms with Gasteiger partial charge in [0.1, 0.15) is 0 Å². The summed E-state index contributed by atoms with van der Waals surface area (Å²) in [6.45, 7) is 1.72. The van der Waals surface area contributed by atoms with Gasteiger partial charge in [-0.25, -0.2) is 0 Å². The van der Waals surface area contributed by atoms with Gasteiger partial charge in [0.15, 0.2) is 0 Å². The molecule has 0 aliphatic carbocycles. The summed E-state index contributed by atoms with van der Waals surface area (Å²) in [4.78, 5) is 0. The van der Waals surface area contributed by atoms with Gasteiger partial charge in [0, 0.05) is 6.42 Å². The molecule has 1 nitrogen and oxygen atoms in total. The third kappa shape index (κ3) is 1.87. The normalized spacial score (nSPS) is 14.8. The fourth-order valence-electron chi connectivity index (χ4n) is 1.10. The molecule has 0 aliphatic rings. The number of hydrogen-bond donors (Lipinski definition) is 1. The molecule has 1 aromatic carbocycles. The van der Waals surface area contributed by atoms with E-state index in [9.17, 15) is 5.11 Å². The van der Waals surface area contributed by atoms with Crippen molar-refractivity contribution in [3.63, 3.8) is 0 Å². The van der Waals surface area contributed by atoms with Crippen LogP contribution in [-0.4, -0.2) is 5.11 Å². The van der Waals surface area contributed by atoms with Crippen LogP contribution in [0.15, 0.2) is 30.3 Å². The Hall–Kier alpha value is -1.26. The molecule has 62 valence electrons. The van der Waals surface area contributed by atoms with Gasteiger partial charge in [-0.2, -0.15) is 0 Å². The molecule has 0 saturated heterocycles. The molecule has 0 saturated carbocycles. The number of terminal acetylenes is 1. The Kier molecular flexibility index (Phi) is 2.52. The molecule has 0 amide bonds. The maximum Gasteiger partial charge on any atom is 0.0977 e. The topological polar surface area (TPSA) is 20.2 Å². The van der Waals surface area contributed by atoms with Crippen LogP contribution in [0.3, 0.4) is 0 Å². The molecule has 12 heavy (non-hydrogen) atoms. The third-order valence-corrected chi connectivity index (χ3v) is 1.84. The summed E-state index contributed by atoms with van der Waals surface area (Å²) < 4.78 is 0. The van der Waals surface area contributed by atoms with Crippen molar-refractivity contribution in [3.05, 3.63) is 35.9 Å². The highest BCUT2D eigenvalue weighted by Gasteiger charge is 2.20. The van der Waals surface area contributed by atoms with Crippen LogP contribution in [0.2, 0.25) is 0 Å². The monoisotopic (exact) mass is 160 g/mol. The van der Waals surface area contributed by atoms with Crippen molar-refractivity contribution >= 4 is 0 Å². The smallest absolute Gasteiger partial charge is 0.0977 e. The van der Waals surface area contributed by atoms with Crippen LogP contribution in [-0.2, 0) is 5.60 Å². The Labute approximate surface area is 73.0 Å². The zero-order valence-corrected chi connectivity index (χ0v) is 7.12. The van der Waals surface area contributed by atoms with E-state index in [1.165, 1.54) is 0 Å². The molecular formula is C11H12O. The fraction of sp³-hybridized carbons (Fsp3) is 0.273. The van der Waals surface area contributed by atoms with Gasteiger partial charge in [-0.3, -0.25) is 0 Å². The van der Waals surface area contributed by atoms with Gasteiger partial charge in [-0.05, 0) is 12.5 Å². The third-order valence-electron chi connectivity index (χ3n) is 1.84. The van der Waals surface area contributed by atoms with E-state index in [0.717, 1.165) is 5.56 Å². The zero-order chi connectivity index (χ0) is 9.03. The van der Waals surface area contributed by atoms with Crippen molar-refractivity contribution < 1.29 is 5.11 Å². The highest BCUT2D eigenvalue weighted by Crippen LogP contribution is 2.22. The SMILES string of the molecule is C#CC[C@](C)(O)c1ccccc1. The average molecular weight is 160 g/mol. The van der Waals surface area contributed by atoms with E-state index in [1.54, 1.807) is 6.92 Å². The number of rotatable bonds is 2. The van der Waals surface area contributed by atoms with Gasteiger partial charge in [-0.1, -0.05) is 30.3 Å². The summed E-state index contributed by atoms with van der Waals surface area (Å²) >= 11 is 0. The minimum Gasteiger partial charge on any atom is -0.384 e. The maximum absolute atomic E-state index is 9.84. The van der Waals surface area contributed by atoms with Crippen molar-refractivity contribution in [2.45, 2.75) is 18.9 Å². The Morgan fingerprint density at radius 2 is 2.00 bits per heavy atom. The molecule has 0 radical (unpaired) electrons. The molecule has 1 N–H and O–H groups in total. The molecule has 0 aliphatic heterocycles. The van der Waals surface area contributed by atoms with Crippen LogP contribution in [0.5, 0.6) is 0 Å². The van der Waals surface area contributed by atoms with Crippen molar-refractivity contribution in [2.75, 3.05) is 0 Å². The second-order valence-corrected chi connectivity index (χ2v) is 3.02. The first-order valence-electron chi connectivity index (χ1n) is 3.88. The molecule has 1 atom stereocenters. The van der Waals surface area contributed by atoms with Gasteiger partial charge in [-0.15, -0.1) is 12.3 Å². The molecule has 1 heteroatoms. The molecule has 0 heterocycles. The molecule has 0 unspecified atom stereocenters. The van der Waals surface area contributed by atoms with Crippen LogP contribution in [0.4, 0.5) is 0 Å². The van der Waals surface area contributed by atoms with Gasteiger partial charge in [0.05, 0.1) is 5.60 Å². The highest BCUT2D eigenvalue weighted by atomic mass is 16.3. The molecule has 0 spiro atoms. The summed E-state index contributed by atoms with van der Waals surface area (Å²) in [6.07, 6.45) is 5.49. The average Bonchev–Trinajstić information content (AvgIpc) is 2.06. The van der Waals surface area contributed by atoms with E-state index >= 15 is 0 Å². The lowest BCUT2D eigenvalue weighted by atomic mass is 9.93. The maximum atomic E-state index is 9.84. The summed E-state index contributed by atoms with van der Waals surface area (Å²) in [5.74, 6) is 2.46. The van der Waals surface area contributed by atoms with Gasteiger partial charge in [0.2, 0.25) is 0 Å². The van der Waals surface area contributed by atoms with E-state index in [2.05, 4.69) is 5.92 Å². The Morgan fingerprint density at radius 1 is 1.42 bits per heavy atom. The second-order valence-electron chi connectivity index (χ2n) is 3.02. The van der Waals surface area contributed by atoms with E-state index in [-0.39, 0.29) is 0 Å². The Morgan fingerprint density at radius 3 is 2.50 bits per heavy atom. The van der Waals surface area contributed by atoms with E-state index in [4.69, 9.17) is 6.42 Å². The highest BCUT2D eigenvalue weighted by molar-refractivity contribution is 5.22. The van der Waals surface area contributed by atoms with E-state index in [1.807, 2.05) is 30.3 Å². The van der Waals surface area contributed by atoms with Gasteiger partial charge < -0.3 is 5.11 Å². The number of aliphatic hydroxyl groups is 1. The van der Waals surface area contributed by atoms with Crippen LogP contribution in [0, 0.1) is 12.3 Å². The van der Waals surface area contributed by atoms with Crippen molar-refractivity contribution in [2.24, 2.45) is 0 Å². The van der Waals surface area contributed by atoms with E-state index in [0.29, 0.717) is 6.42 Å². The molecular weight excluding hydrogens is 148 g/mol. The minimum absolute atomic E-state index is 0.344. The predicted molar refractivity (Wildman–Crippen MR) is 49.5 cm³/mol. The molecule has 1 rings (SSSR count). The first-order chi connectivity index (χ1) is 5.67. The summed E-state index contributed by atoms with van der Waals surface area (Å²) in [5.41, 5.74) is -0.0290. The van der Waals surface area contributed by atoms with E-state index < -0.39 is 5.60 Å². The van der Waals surface area contributed by atoms with Gasteiger partial charge >= 0.3 is 0 Å². The predicted octanol–water partition coefficient (Wildman–Crippen LogP) is 1.92. The lowest BCUT2D eigenvalue weighted by Crippen LogP contribution is -2.19. The van der Waals surface area contributed by atoms with Crippen LogP contribution in [0.25, 0.3) is 0 Å². The zero-order valence-electron chi connectivity index (χ0n) is 7.12. The first kappa shape index (κ1) is 8.83. The van der Waals surface area contributed by atoms with Gasteiger partial charge in [0.25, 0.3) is 0 Å². The first-order valence-corrected chi connectivity index (χ1v) is 3.88. The molecule has 0 fully saturated rings. The summed E-state index contributed by atoms with van der Waals surface area (Å²) in [7, 11) is 0. The Balaban J connectivity index is 2.91. The summed E-state index contributed by atoms with van der Waals surface area (Å²) in [5, 5.41) is 9.84.